The summed E-state index contributed by atoms with van der Waals surface area (Å²) in [5.41, 5.74) is 4.91. The Labute approximate surface area is 246 Å². The zero-order valence-electron chi connectivity index (χ0n) is 19.8. The number of unbranched alkanes of at least 4 members (excludes halogenated alkanes) is 13. The van der Waals surface area contributed by atoms with E-state index in [9.17, 15) is 19.8 Å². The van der Waals surface area contributed by atoms with Gasteiger partial charge in [0.2, 0.25) is 0 Å². The Kier molecular flexibility index (Phi) is 49.0. The van der Waals surface area contributed by atoms with Crippen LogP contribution in [0.2, 0.25) is 0 Å². The average Bonchev–Trinajstić information content (AvgIpc) is 2.61. The van der Waals surface area contributed by atoms with E-state index in [2.05, 4.69) is 13.8 Å². The maximum absolute atomic E-state index is 9.86. The maximum Gasteiger partial charge on any atom is 1.00 e. The van der Waals surface area contributed by atoms with Crippen molar-refractivity contribution in [2.45, 2.75) is 116 Å². The zero-order valence-corrected chi connectivity index (χ0v) is 25.8. The van der Waals surface area contributed by atoms with E-state index in [0.29, 0.717) is 0 Å². The second kappa shape index (κ2) is 34.5. The Bertz CT molecular complexity index is 321. The molecular weight excluding hydrogens is 399 g/mol. The molecule has 0 aromatic heterocycles. The first-order valence-corrected chi connectivity index (χ1v) is 10.4. The van der Waals surface area contributed by atoms with Gasteiger partial charge in [0, 0.05) is 12.0 Å². The van der Waals surface area contributed by atoms with Crippen LogP contribution in [-0.4, -0.2) is 18.0 Å². The van der Waals surface area contributed by atoms with Gasteiger partial charge in [-0.05, 0) is 12.8 Å². The molecule has 0 amide bonds. The molecule has 2 N–H and O–H groups in total. The average molecular weight is 440 g/mol. The third kappa shape index (κ3) is 40.7. The fourth-order valence-corrected chi connectivity index (χ4v) is 2.59. The van der Waals surface area contributed by atoms with Crippen LogP contribution in [0.5, 0.6) is 0 Å². The number of carbonyl (C=O) groups excluding carboxylic acids is 2. The summed E-state index contributed by atoms with van der Waals surface area (Å²) in [7, 11) is 0. The molecule has 0 aliphatic rings. The molecule has 0 saturated carbocycles. The van der Waals surface area contributed by atoms with Gasteiger partial charge in [0.25, 0.3) is 0 Å². The van der Waals surface area contributed by atoms with E-state index in [1.54, 1.807) is 0 Å². The number of nitrogens with two attached hydrogens (primary N) is 1. The SMILES string of the molecule is NC(CCC(=O)[O-])C(=O)[O-].[CH2-]CCCCCCCCCCCCCCC.[Na+].[Na+].[Na+]. The van der Waals surface area contributed by atoms with Crippen molar-refractivity contribution in [2.75, 3.05) is 0 Å². The van der Waals surface area contributed by atoms with Gasteiger partial charge in [-0.2, -0.15) is 6.42 Å². The van der Waals surface area contributed by atoms with Crippen LogP contribution in [-0.2, 0) is 9.59 Å². The molecule has 1 unspecified atom stereocenters. The molecule has 156 valence electrons. The predicted molar refractivity (Wildman–Crippen MR) is 103 cm³/mol. The van der Waals surface area contributed by atoms with Crippen molar-refractivity contribution < 1.29 is 108 Å². The van der Waals surface area contributed by atoms with Crippen molar-refractivity contribution in [1.29, 1.82) is 0 Å². The summed E-state index contributed by atoms with van der Waals surface area (Å²) in [6.45, 7) is 6.16. The van der Waals surface area contributed by atoms with Gasteiger partial charge in [0.15, 0.2) is 0 Å². The monoisotopic (exact) mass is 439 g/mol. The van der Waals surface area contributed by atoms with E-state index in [0.717, 1.165) is 6.42 Å². The predicted octanol–water partition coefficient (Wildman–Crippen LogP) is -6.09. The van der Waals surface area contributed by atoms with E-state index in [1.807, 2.05) is 0 Å². The minimum absolute atomic E-state index is 0. The Morgan fingerprint density at radius 3 is 1.38 bits per heavy atom. The number of rotatable bonds is 17. The molecule has 0 bridgehead atoms. The number of carboxylic acids is 2. The van der Waals surface area contributed by atoms with Crippen molar-refractivity contribution in [3.63, 3.8) is 0 Å². The van der Waals surface area contributed by atoms with Gasteiger partial charge in [-0.25, -0.2) is 0 Å². The van der Waals surface area contributed by atoms with Gasteiger partial charge in [-0.1, -0.05) is 90.4 Å². The molecule has 8 heteroatoms. The van der Waals surface area contributed by atoms with Gasteiger partial charge < -0.3 is 32.5 Å². The van der Waals surface area contributed by atoms with Gasteiger partial charge in [0.1, 0.15) is 0 Å². The number of aliphatic carboxylic acids is 2. The van der Waals surface area contributed by atoms with Gasteiger partial charge in [-0.3, -0.25) is 0 Å². The molecule has 0 heterocycles. The van der Waals surface area contributed by atoms with Crippen LogP contribution in [0.4, 0.5) is 0 Å². The molecule has 29 heavy (non-hydrogen) atoms. The molecule has 0 aromatic rings. The molecule has 1 atom stereocenters. The second-order valence-corrected chi connectivity index (χ2v) is 6.93. The molecule has 0 spiro atoms. The van der Waals surface area contributed by atoms with Crippen molar-refractivity contribution in [1.82, 2.24) is 0 Å². The van der Waals surface area contributed by atoms with Crippen LogP contribution in [0.1, 0.15) is 110 Å². The minimum atomic E-state index is -1.44. The normalized spacial score (nSPS) is 10.3. The molecule has 0 aromatic carbocycles. The topological polar surface area (TPSA) is 106 Å². The van der Waals surface area contributed by atoms with Crippen LogP contribution < -0.4 is 105 Å². The minimum Gasteiger partial charge on any atom is -0.550 e. The summed E-state index contributed by atoms with van der Waals surface area (Å²) in [6.07, 6.45) is 19.3. The molecular formula is C21H40NNa3O4. The van der Waals surface area contributed by atoms with Crippen LogP contribution in [0, 0.1) is 6.92 Å². The van der Waals surface area contributed by atoms with E-state index in [-0.39, 0.29) is 102 Å². The summed E-state index contributed by atoms with van der Waals surface area (Å²) in [5, 5.41) is 19.6. The summed E-state index contributed by atoms with van der Waals surface area (Å²) in [6, 6.07) is -1.21. The van der Waals surface area contributed by atoms with E-state index in [1.165, 1.54) is 83.5 Å². The van der Waals surface area contributed by atoms with Crippen LogP contribution in [0.15, 0.2) is 0 Å². The van der Waals surface area contributed by atoms with Crippen molar-refractivity contribution in [3.05, 3.63) is 6.92 Å². The van der Waals surface area contributed by atoms with Crippen LogP contribution >= 0.6 is 0 Å². The number of carboxylic acid groups (broad SMARTS) is 2. The Morgan fingerprint density at radius 2 is 1.10 bits per heavy atom. The maximum atomic E-state index is 9.86. The fourth-order valence-electron chi connectivity index (χ4n) is 2.59. The third-order valence-electron chi connectivity index (χ3n) is 4.32. The summed E-state index contributed by atoms with van der Waals surface area (Å²) < 4.78 is 0. The van der Waals surface area contributed by atoms with E-state index >= 15 is 0 Å². The Balaban J connectivity index is -0.000000130. The summed E-state index contributed by atoms with van der Waals surface area (Å²) >= 11 is 0. The van der Waals surface area contributed by atoms with Crippen molar-refractivity contribution in [2.24, 2.45) is 5.73 Å². The molecule has 0 saturated heterocycles. The molecule has 0 fully saturated rings. The second-order valence-electron chi connectivity index (χ2n) is 6.93. The largest absolute Gasteiger partial charge is 1.00 e. The van der Waals surface area contributed by atoms with Gasteiger partial charge >= 0.3 is 88.7 Å². The third-order valence-corrected chi connectivity index (χ3v) is 4.32. The Hall–Kier alpha value is 1.90. The standard InChI is InChI=1S/C16H33.C5H9NO4.3Na/c1-3-5-7-9-11-13-15-16-14-12-10-8-6-4-2;6-3(5(9)10)1-2-4(7)8;;;/h1,3-16H2,2H3;3H,1-2,6H2,(H,7,8)(H,9,10);;;/q-1;;3*+1/p-2. The Morgan fingerprint density at radius 1 is 0.759 bits per heavy atom. The number of carbonyl (C=O) groups is 2. The molecule has 0 aliphatic carbocycles. The molecule has 5 nitrogen and oxygen atoms in total. The van der Waals surface area contributed by atoms with E-state index < -0.39 is 18.0 Å². The molecule has 0 radical (unpaired) electrons. The van der Waals surface area contributed by atoms with Crippen molar-refractivity contribution in [3.8, 4) is 0 Å². The summed E-state index contributed by atoms with van der Waals surface area (Å²) in [5.74, 6) is -2.75. The first kappa shape index (κ1) is 41.2. The fraction of sp³-hybridized carbons (Fsp3) is 0.857. The smallest absolute Gasteiger partial charge is 0.550 e. The summed E-state index contributed by atoms with van der Waals surface area (Å²) in [4.78, 5) is 19.6. The number of hydrogen-bond donors (Lipinski definition) is 1. The quantitative estimate of drug-likeness (QED) is 0.138. The zero-order chi connectivity index (χ0) is 20.0. The van der Waals surface area contributed by atoms with Gasteiger partial charge in [0.05, 0.1) is 5.97 Å². The molecule has 0 rings (SSSR count). The van der Waals surface area contributed by atoms with Crippen LogP contribution in [0.25, 0.3) is 0 Å². The number of hydrogen-bond acceptors (Lipinski definition) is 5. The van der Waals surface area contributed by atoms with Gasteiger partial charge in [-0.15, -0.1) is 0 Å². The van der Waals surface area contributed by atoms with Crippen LogP contribution in [0.3, 0.4) is 0 Å². The first-order chi connectivity index (χ1) is 12.5. The van der Waals surface area contributed by atoms with Crippen molar-refractivity contribution >= 4 is 11.9 Å². The van der Waals surface area contributed by atoms with E-state index in [4.69, 9.17) is 5.73 Å². The molecule has 0 aliphatic heterocycles. The first-order valence-electron chi connectivity index (χ1n) is 10.4.